The third-order valence-electron chi connectivity index (χ3n) is 2.52. The highest BCUT2D eigenvalue weighted by atomic mass is 19.1. The number of nitrogens with one attached hydrogen (secondary N) is 1. The predicted octanol–water partition coefficient (Wildman–Crippen LogP) is 0.770. The molecule has 1 amide bonds. The molecular formula is C11H13FN2O2. The number of carbonyl (C=O) groups is 1. The largest absolute Gasteiger partial charge is 0.494 e. The van der Waals surface area contributed by atoms with E-state index < -0.39 is 0 Å². The van der Waals surface area contributed by atoms with Gasteiger partial charge in [-0.05, 0) is 12.1 Å². The molecule has 1 aromatic carbocycles. The molecule has 1 heterocycles. The SMILES string of the molecule is COc1cc(F)ccc1N1CCNCC1=O. The molecule has 0 aromatic heterocycles. The van der Waals surface area contributed by atoms with Crippen molar-refractivity contribution < 1.29 is 13.9 Å². The van der Waals surface area contributed by atoms with Gasteiger partial charge < -0.3 is 15.0 Å². The maximum atomic E-state index is 13.0. The summed E-state index contributed by atoms with van der Waals surface area (Å²) in [7, 11) is 1.46. The van der Waals surface area contributed by atoms with Crippen LogP contribution in [0.5, 0.6) is 5.75 Å². The summed E-state index contributed by atoms with van der Waals surface area (Å²) < 4.78 is 18.1. The van der Waals surface area contributed by atoms with Crippen molar-refractivity contribution in [3.63, 3.8) is 0 Å². The number of methoxy groups -OCH3 is 1. The molecule has 0 radical (unpaired) electrons. The van der Waals surface area contributed by atoms with Crippen LogP contribution in [0.2, 0.25) is 0 Å². The van der Waals surface area contributed by atoms with Gasteiger partial charge in [-0.15, -0.1) is 0 Å². The van der Waals surface area contributed by atoms with Gasteiger partial charge in [0.05, 0.1) is 19.3 Å². The first-order chi connectivity index (χ1) is 7.72. The summed E-state index contributed by atoms with van der Waals surface area (Å²) >= 11 is 0. The van der Waals surface area contributed by atoms with Crippen LogP contribution >= 0.6 is 0 Å². The number of rotatable bonds is 2. The van der Waals surface area contributed by atoms with E-state index >= 15 is 0 Å². The van der Waals surface area contributed by atoms with Crippen LogP contribution in [0.1, 0.15) is 0 Å². The molecule has 0 saturated carbocycles. The molecule has 1 saturated heterocycles. The Balaban J connectivity index is 2.34. The monoisotopic (exact) mass is 224 g/mol. The summed E-state index contributed by atoms with van der Waals surface area (Å²) in [5.74, 6) is -0.0189. The van der Waals surface area contributed by atoms with E-state index in [1.165, 1.54) is 19.2 Å². The fourth-order valence-electron chi connectivity index (χ4n) is 1.74. The molecule has 0 atom stereocenters. The van der Waals surface area contributed by atoms with Gasteiger partial charge in [0.25, 0.3) is 0 Å². The van der Waals surface area contributed by atoms with Crippen molar-refractivity contribution in [3.8, 4) is 5.75 Å². The van der Waals surface area contributed by atoms with E-state index in [2.05, 4.69) is 5.32 Å². The van der Waals surface area contributed by atoms with Crippen molar-refractivity contribution in [1.82, 2.24) is 5.32 Å². The maximum Gasteiger partial charge on any atom is 0.241 e. The van der Waals surface area contributed by atoms with Crippen LogP contribution in [0, 0.1) is 5.82 Å². The molecule has 1 aliphatic heterocycles. The summed E-state index contributed by atoms with van der Waals surface area (Å²) in [6.07, 6.45) is 0. The molecular weight excluding hydrogens is 211 g/mol. The number of hydrogen-bond donors (Lipinski definition) is 1. The summed E-state index contributed by atoms with van der Waals surface area (Å²) in [6, 6.07) is 4.18. The van der Waals surface area contributed by atoms with E-state index in [4.69, 9.17) is 4.74 Å². The minimum absolute atomic E-state index is 0.0313. The number of nitrogens with zero attached hydrogens (tertiary/aromatic N) is 1. The van der Waals surface area contributed by atoms with Gasteiger partial charge in [0, 0.05) is 19.2 Å². The van der Waals surface area contributed by atoms with Crippen molar-refractivity contribution in [3.05, 3.63) is 24.0 Å². The standard InChI is InChI=1S/C11H13FN2O2/c1-16-10-6-8(12)2-3-9(10)14-5-4-13-7-11(14)15/h2-3,6,13H,4-5,7H2,1H3. The van der Waals surface area contributed by atoms with Gasteiger partial charge in [-0.1, -0.05) is 0 Å². The number of ether oxygens (including phenoxy) is 1. The Morgan fingerprint density at radius 1 is 1.50 bits per heavy atom. The highest BCUT2D eigenvalue weighted by molar-refractivity contribution is 5.96. The summed E-state index contributed by atoms with van der Waals surface area (Å²) in [4.78, 5) is 13.3. The Hall–Kier alpha value is -1.62. The number of benzene rings is 1. The zero-order valence-corrected chi connectivity index (χ0v) is 9.00. The Bertz CT molecular complexity index is 409. The second kappa shape index (κ2) is 4.49. The van der Waals surface area contributed by atoms with E-state index in [9.17, 15) is 9.18 Å². The Labute approximate surface area is 93.0 Å². The number of carbonyl (C=O) groups excluding carboxylic acids is 1. The summed E-state index contributed by atoms with van der Waals surface area (Å²) in [5, 5.41) is 2.98. The van der Waals surface area contributed by atoms with Gasteiger partial charge >= 0.3 is 0 Å². The van der Waals surface area contributed by atoms with Gasteiger partial charge in [0.2, 0.25) is 5.91 Å². The Kier molecular flexibility index (Phi) is 3.05. The minimum atomic E-state index is -0.372. The van der Waals surface area contributed by atoms with Gasteiger partial charge in [-0.25, -0.2) is 4.39 Å². The molecule has 1 N–H and O–H groups in total. The van der Waals surface area contributed by atoms with E-state index in [-0.39, 0.29) is 11.7 Å². The van der Waals surface area contributed by atoms with Crippen LogP contribution in [0.4, 0.5) is 10.1 Å². The van der Waals surface area contributed by atoms with Crippen molar-refractivity contribution in [2.24, 2.45) is 0 Å². The molecule has 4 nitrogen and oxygen atoms in total. The average Bonchev–Trinajstić information content (AvgIpc) is 2.30. The highest BCUT2D eigenvalue weighted by Gasteiger charge is 2.22. The van der Waals surface area contributed by atoms with E-state index in [1.54, 1.807) is 11.0 Å². The van der Waals surface area contributed by atoms with E-state index in [0.717, 1.165) is 6.54 Å². The van der Waals surface area contributed by atoms with E-state index in [1.807, 2.05) is 0 Å². The zero-order chi connectivity index (χ0) is 11.5. The predicted molar refractivity (Wildman–Crippen MR) is 58.2 cm³/mol. The number of piperazine rings is 1. The summed E-state index contributed by atoms with van der Waals surface area (Å²) in [5.41, 5.74) is 0.621. The van der Waals surface area contributed by atoms with Crippen LogP contribution < -0.4 is 15.0 Å². The van der Waals surface area contributed by atoms with E-state index in [0.29, 0.717) is 24.5 Å². The molecule has 0 aliphatic carbocycles. The molecule has 86 valence electrons. The van der Waals surface area contributed by atoms with Crippen molar-refractivity contribution in [1.29, 1.82) is 0 Å². The fraction of sp³-hybridized carbons (Fsp3) is 0.364. The van der Waals surface area contributed by atoms with Crippen LogP contribution in [0.25, 0.3) is 0 Å². The third-order valence-corrected chi connectivity index (χ3v) is 2.52. The van der Waals surface area contributed by atoms with Crippen molar-refractivity contribution in [2.45, 2.75) is 0 Å². The molecule has 1 aliphatic rings. The normalized spacial score (nSPS) is 16.4. The zero-order valence-electron chi connectivity index (χ0n) is 9.00. The van der Waals surface area contributed by atoms with Gasteiger partial charge in [-0.2, -0.15) is 0 Å². The van der Waals surface area contributed by atoms with Crippen LogP contribution in [-0.4, -0.2) is 32.7 Å². The first kappa shape index (κ1) is 10.9. The molecule has 0 bridgehead atoms. The lowest BCUT2D eigenvalue weighted by atomic mass is 10.2. The molecule has 1 aromatic rings. The number of halogens is 1. The van der Waals surface area contributed by atoms with Gasteiger partial charge in [-0.3, -0.25) is 4.79 Å². The number of amides is 1. The third kappa shape index (κ3) is 1.99. The lowest BCUT2D eigenvalue weighted by Crippen LogP contribution is -2.48. The topological polar surface area (TPSA) is 41.6 Å². The second-order valence-corrected chi connectivity index (χ2v) is 3.54. The lowest BCUT2D eigenvalue weighted by Gasteiger charge is -2.28. The van der Waals surface area contributed by atoms with Crippen LogP contribution in [-0.2, 0) is 4.79 Å². The number of hydrogen-bond acceptors (Lipinski definition) is 3. The maximum absolute atomic E-state index is 13.0. The first-order valence-electron chi connectivity index (χ1n) is 5.07. The molecule has 5 heteroatoms. The highest BCUT2D eigenvalue weighted by Crippen LogP contribution is 2.29. The number of anilines is 1. The lowest BCUT2D eigenvalue weighted by molar-refractivity contribution is -0.118. The first-order valence-corrected chi connectivity index (χ1v) is 5.07. The van der Waals surface area contributed by atoms with Crippen LogP contribution in [0.3, 0.4) is 0 Å². The van der Waals surface area contributed by atoms with Gasteiger partial charge in [0.15, 0.2) is 0 Å². The fourth-order valence-corrected chi connectivity index (χ4v) is 1.74. The van der Waals surface area contributed by atoms with Crippen molar-refractivity contribution >= 4 is 11.6 Å². The molecule has 0 spiro atoms. The molecule has 2 rings (SSSR count). The Morgan fingerprint density at radius 3 is 3.00 bits per heavy atom. The molecule has 16 heavy (non-hydrogen) atoms. The van der Waals surface area contributed by atoms with Crippen molar-refractivity contribution in [2.75, 3.05) is 31.6 Å². The minimum Gasteiger partial charge on any atom is -0.494 e. The average molecular weight is 224 g/mol. The molecule has 1 fully saturated rings. The summed E-state index contributed by atoms with van der Waals surface area (Å²) in [6.45, 7) is 1.60. The quantitative estimate of drug-likeness (QED) is 0.806. The molecule has 0 unspecified atom stereocenters. The Morgan fingerprint density at radius 2 is 2.31 bits per heavy atom. The van der Waals surface area contributed by atoms with Gasteiger partial charge in [0.1, 0.15) is 11.6 Å². The second-order valence-electron chi connectivity index (χ2n) is 3.54. The van der Waals surface area contributed by atoms with Crippen LogP contribution in [0.15, 0.2) is 18.2 Å². The smallest absolute Gasteiger partial charge is 0.241 e.